The van der Waals surface area contributed by atoms with Crippen LogP contribution in [0.3, 0.4) is 0 Å². The summed E-state index contributed by atoms with van der Waals surface area (Å²) in [7, 11) is 0. The van der Waals surface area contributed by atoms with Gasteiger partial charge in [-0.1, -0.05) is 28.6 Å². The molecular formula is C10H10N2O2S. The van der Waals surface area contributed by atoms with Gasteiger partial charge < -0.3 is 9.84 Å². The summed E-state index contributed by atoms with van der Waals surface area (Å²) >= 11 is 1.39. The van der Waals surface area contributed by atoms with Crippen LogP contribution in [0.1, 0.15) is 10.6 Å². The summed E-state index contributed by atoms with van der Waals surface area (Å²) in [6.45, 7) is 1.88. The number of hydrogen-bond acceptors (Lipinski definition) is 5. The van der Waals surface area contributed by atoms with Gasteiger partial charge in [0, 0.05) is 0 Å². The molecule has 2 rings (SSSR count). The van der Waals surface area contributed by atoms with Crippen LogP contribution < -0.4 is 4.74 Å². The first kappa shape index (κ1) is 10.1. The minimum Gasteiger partial charge on any atom is -0.430 e. The molecule has 1 aromatic heterocycles. The molecular weight excluding hydrogens is 212 g/mol. The molecule has 0 atom stereocenters. The predicted octanol–water partition coefficient (Wildman–Crippen LogP) is 2.13. The number of hydrogen-bond donors (Lipinski definition) is 1. The molecule has 2 aromatic rings. The first-order valence-corrected chi connectivity index (χ1v) is 5.27. The molecule has 0 aliphatic rings. The average Bonchev–Trinajstić information content (AvgIpc) is 2.64. The van der Waals surface area contributed by atoms with Gasteiger partial charge in [-0.3, -0.25) is 0 Å². The van der Waals surface area contributed by atoms with E-state index in [4.69, 9.17) is 9.84 Å². The van der Waals surface area contributed by atoms with Crippen LogP contribution in [-0.2, 0) is 6.61 Å². The molecule has 0 spiro atoms. The summed E-state index contributed by atoms with van der Waals surface area (Å²) in [5, 5.41) is 18.0. The van der Waals surface area contributed by atoms with E-state index in [0.29, 0.717) is 10.9 Å². The Morgan fingerprint density at radius 2 is 2.27 bits per heavy atom. The van der Waals surface area contributed by atoms with Gasteiger partial charge in [-0.2, -0.15) is 0 Å². The van der Waals surface area contributed by atoms with Crippen LogP contribution in [0.4, 0.5) is 0 Å². The maximum atomic E-state index is 8.95. The zero-order valence-corrected chi connectivity index (χ0v) is 8.99. The normalized spacial score (nSPS) is 10.3. The van der Waals surface area contributed by atoms with E-state index in [2.05, 4.69) is 10.2 Å². The minimum atomic E-state index is 0.00630. The fraction of sp³-hybridized carbons (Fsp3) is 0.200. The second-order valence-electron chi connectivity index (χ2n) is 2.99. The van der Waals surface area contributed by atoms with Gasteiger partial charge >= 0.3 is 0 Å². The van der Waals surface area contributed by atoms with Crippen molar-refractivity contribution in [2.75, 3.05) is 0 Å². The predicted molar refractivity (Wildman–Crippen MR) is 57.1 cm³/mol. The summed E-state index contributed by atoms with van der Waals surface area (Å²) in [6, 6.07) is 7.25. The smallest absolute Gasteiger partial charge is 0.299 e. The number of nitrogens with zero attached hydrogens (tertiary/aromatic N) is 2. The first-order valence-electron chi connectivity index (χ1n) is 4.45. The maximum Gasteiger partial charge on any atom is 0.299 e. The van der Waals surface area contributed by atoms with Crippen LogP contribution in [-0.4, -0.2) is 15.3 Å². The summed E-state index contributed by atoms with van der Waals surface area (Å²) in [6.07, 6.45) is 0. The van der Waals surface area contributed by atoms with E-state index in [1.807, 2.05) is 25.1 Å². The highest BCUT2D eigenvalue weighted by Crippen LogP contribution is 2.24. The molecule has 5 heteroatoms. The molecule has 4 nitrogen and oxygen atoms in total. The largest absolute Gasteiger partial charge is 0.430 e. The van der Waals surface area contributed by atoms with Crippen LogP contribution in [0.15, 0.2) is 24.3 Å². The molecule has 15 heavy (non-hydrogen) atoms. The molecule has 78 valence electrons. The number of benzene rings is 1. The van der Waals surface area contributed by atoms with Crippen molar-refractivity contribution in [1.82, 2.24) is 10.2 Å². The molecule has 0 bridgehead atoms. The molecule has 0 fully saturated rings. The first-order chi connectivity index (χ1) is 7.28. The Labute approximate surface area is 91.2 Å². The quantitative estimate of drug-likeness (QED) is 0.864. The van der Waals surface area contributed by atoms with Gasteiger partial charge in [-0.25, -0.2) is 0 Å². The molecule has 1 aromatic carbocycles. The van der Waals surface area contributed by atoms with Crippen molar-refractivity contribution in [1.29, 1.82) is 0 Å². The zero-order chi connectivity index (χ0) is 10.7. The van der Waals surface area contributed by atoms with E-state index in [1.54, 1.807) is 6.07 Å². The fourth-order valence-corrected chi connectivity index (χ4v) is 1.68. The number of ether oxygens (including phenoxy) is 1. The van der Waals surface area contributed by atoms with Gasteiger partial charge in [0.1, 0.15) is 10.8 Å². The van der Waals surface area contributed by atoms with Gasteiger partial charge in [-0.15, -0.1) is 5.10 Å². The summed E-state index contributed by atoms with van der Waals surface area (Å²) in [4.78, 5) is 0. The van der Waals surface area contributed by atoms with Crippen LogP contribution >= 0.6 is 11.3 Å². The van der Waals surface area contributed by atoms with E-state index >= 15 is 0 Å². The van der Waals surface area contributed by atoms with Crippen molar-refractivity contribution in [3.8, 4) is 10.9 Å². The standard InChI is InChI=1S/C10H10N2O2S/c1-7-11-12-10(15-7)14-9-4-2-3-8(5-9)6-13/h2-5,13H,6H2,1H3. The lowest BCUT2D eigenvalue weighted by Gasteiger charge is -2.02. The van der Waals surface area contributed by atoms with Crippen molar-refractivity contribution in [2.45, 2.75) is 13.5 Å². The van der Waals surface area contributed by atoms with Crippen molar-refractivity contribution < 1.29 is 9.84 Å². The Morgan fingerprint density at radius 1 is 1.40 bits per heavy atom. The molecule has 1 heterocycles. The third kappa shape index (κ3) is 2.51. The second-order valence-corrected chi connectivity index (χ2v) is 4.14. The summed E-state index contributed by atoms with van der Waals surface area (Å²) in [5.41, 5.74) is 0.814. The van der Waals surface area contributed by atoms with Gasteiger partial charge in [0.15, 0.2) is 0 Å². The Hall–Kier alpha value is -1.46. The molecule has 0 amide bonds. The lowest BCUT2D eigenvalue weighted by atomic mass is 10.2. The monoisotopic (exact) mass is 222 g/mol. The Morgan fingerprint density at radius 3 is 2.93 bits per heavy atom. The Bertz CT molecular complexity index is 456. The SMILES string of the molecule is Cc1nnc(Oc2cccc(CO)c2)s1. The number of rotatable bonds is 3. The Kier molecular flexibility index (Phi) is 2.94. The molecule has 0 unspecified atom stereocenters. The lowest BCUT2D eigenvalue weighted by Crippen LogP contribution is -1.86. The fourth-order valence-electron chi connectivity index (χ4n) is 1.13. The van der Waals surface area contributed by atoms with E-state index in [0.717, 1.165) is 10.6 Å². The molecule has 0 saturated heterocycles. The summed E-state index contributed by atoms with van der Waals surface area (Å²) in [5.74, 6) is 0.665. The number of aromatic nitrogens is 2. The number of aliphatic hydroxyl groups excluding tert-OH is 1. The van der Waals surface area contributed by atoms with E-state index in [1.165, 1.54) is 11.3 Å². The van der Waals surface area contributed by atoms with Crippen molar-refractivity contribution in [3.05, 3.63) is 34.8 Å². The highest BCUT2D eigenvalue weighted by Gasteiger charge is 2.03. The summed E-state index contributed by atoms with van der Waals surface area (Å²) < 4.78 is 5.48. The number of aliphatic hydroxyl groups is 1. The molecule has 0 radical (unpaired) electrons. The van der Waals surface area contributed by atoms with Crippen LogP contribution in [0.25, 0.3) is 0 Å². The molecule has 0 aliphatic carbocycles. The van der Waals surface area contributed by atoms with Crippen molar-refractivity contribution in [2.24, 2.45) is 0 Å². The second kappa shape index (κ2) is 4.37. The van der Waals surface area contributed by atoms with E-state index in [9.17, 15) is 0 Å². The van der Waals surface area contributed by atoms with Gasteiger partial charge in [0.25, 0.3) is 5.19 Å². The highest BCUT2D eigenvalue weighted by molar-refractivity contribution is 7.13. The highest BCUT2D eigenvalue weighted by atomic mass is 32.1. The lowest BCUT2D eigenvalue weighted by molar-refractivity contribution is 0.281. The molecule has 1 N–H and O–H groups in total. The molecule has 0 aliphatic heterocycles. The zero-order valence-electron chi connectivity index (χ0n) is 8.17. The maximum absolute atomic E-state index is 8.95. The topological polar surface area (TPSA) is 55.2 Å². The molecule has 0 saturated carbocycles. The van der Waals surface area contributed by atoms with E-state index in [-0.39, 0.29) is 6.61 Å². The van der Waals surface area contributed by atoms with E-state index < -0.39 is 0 Å². The van der Waals surface area contributed by atoms with Gasteiger partial charge in [0.05, 0.1) is 6.61 Å². The third-order valence-electron chi connectivity index (χ3n) is 1.79. The van der Waals surface area contributed by atoms with Crippen LogP contribution in [0.2, 0.25) is 0 Å². The van der Waals surface area contributed by atoms with Crippen molar-refractivity contribution >= 4 is 11.3 Å². The van der Waals surface area contributed by atoms with Crippen molar-refractivity contribution in [3.63, 3.8) is 0 Å². The van der Waals surface area contributed by atoms with Gasteiger partial charge in [-0.05, 0) is 24.6 Å². The average molecular weight is 222 g/mol. The van der Waals surface area contributed by atoms with Gasteiger partial charge in [0.2, 0.25) is 0 Å². The van der Waals surface area contributed by atoms with Crippen LogP contribution in [0.5, 0.6) is 10.9 Å². The Balaban J connectivity index is 2.16. The number of aryl methyl sites for hydroxylation is 1. The van der Waals surface area contributed by atoms with Crippen LogP contribution in [0, 0.1) is 6.92 Å². The third-order valence-corrected chi connectivity index (χ3v) is 2.51. The minimum absolute atomic E-state index is 0.00630.